The van der Waals surface area contributed by atoms with E-state index in [0.717, 1.165) is 27.7 Å². The molecule has 9 nitrogen and oxygen atoms in total. The second-order valence-corrected chi connectivity index (χ2v) is 10.8. The van der Waals surface area contributed by atoms with Crippen molar-refractivity contribution in [3.8, 4) is 5.75 Å². The van der Waals surface area contributed by atoms with Gasteiger partial charge in [0.1, 0.15) is 11.6 Å². The number of hydrogen-bond donors (Lipinski definition) is 3. The first kappa shape index (κ1) is 26.8. The number of urea groups is 1. The SMILES string of the molecule is COc1ccc2c3c([nH]c2c1)[C@@H](CO)N(C(=O)Nc1ccc(F)cc1)CC31CCN(C(=O)Cc2ccncc2)CC1. The third-order valence-corrected chi connectivity index (χ3v) is 8.45. The molecule has 1 fully saturated rings. The smallest absolute Gasteiger partial charge is 0.322 e. The van der Waals surface area contributed by atoms with Gasteiger partial charge in [0.2, 0.25) is 5.91 Å². The summed E-state index contributed by atoms with van der Waals surface area (Å²) in [5.41, 5.74) is 3.68. The van der Waals surface area contributed by atoms with Crippen molar-refractivity contribution >= 4 is 28.5 Å². The average Bonchev–Trinajstić information content (AvgIpc) is 3.39. The summed E-state index contributed by atoms with van der Waals surface area (Å²) in [5.74, 6) is 0.370. The number of H-pyrrole nitrogens is 1. The lowest BCUT2D eigenvalue weighted by atomic mass is 9.68. The first-order valence-electron chi connectivity index (χ1n) is 13.7. The highest BCUT2D eigenvalue weighted by atomic mass is 19.1. The van der Waals surface area contributed by atoms with Crippen LogP contribution in [0.4, 0.5) is 14.9 Å². The van der Waals surface area contributed by atoms with Crippen LogP contribution in [-0.4, -0.2) is 70.2 Å². The van der Waals surface area contributed by atoms with Gasteiger partial charge in [0.25, 0.3) is 0 Å². The van der Waals surface area contributed by atoms with Gasteiger partial charge in [-0.1, -0.05) is 0 Å². The molecular formula is C31H32FN5O4. The fourth-order valence-electron chi connectivity index (χ4n) is 6.33. The van der Waals surface area contributed by atoms with E-state index in [1.54, 1.807) is 24.4 Å². The van der Waals surface area contributed by atoms with Crippen LogP contribution in [-0.2, 0) is 16.6 Å². The van der Waals surface area contributed by atoms with Crippen LogP contribution in [0.3, 0.4) is 0 Å². The van der Waals surface area contributed by atoms with E-state index < -0.39 is 17.3 Å². The predicted octanol–water partition coefficient (Wildman–Crippen LogP) is 4.39. The number of carbonyl (C=O) groups is 2. The third-order valence-electron chi connectivity index (χ3n) is 8.45. The number of rotatable bonds is 5. The van der Waals surface area contributed by atoms with Crippen LogP contribution in [0.25, 0.3) is 10.9 Å². The Labute approximate surface area is 236 Å². The van der Waals surface area contributed by atoms with Gasteiger partial charge in [-0.2, -0.15) is 0 Å². The molecule has 4 aromatic rings. The van der Waals surface area contributed by atoms with Crippen molar-refractivity contribution in [2.45, 2.75) is 30.7 Å². The maximum absolute atomic E-state index is 13.7. The molecule has 6 rings (SSSR count). The molecule has 212 valence electrons. The molecule has 0 radical (unpaired) electrons. The molecule has 41 heavy (non-hydrogen) atoms. The van der Waals surface area contributed by atoms with Gasteiger partial charge in [0, 0.05) is 65.8 Å². The van der Waals surface area contributed by atoms with Crippen LogP contribution in [0, 0.1) is 5.82 Å². The zero-order valence-corrected chi connectivity index (χ0v) is 22.8. The minimum atomic E-state index is -0.610. The molecule has 3 amide bonds. The molecule has 2 aliphatic rings. The van der Waals surface area contributed by atoms with Crippen LogP contribution in [0.5, 0.6) is 5.75 Å². The second kappa shape index (κ2) is 10.9. The van der Waals surface area contributed by atoms with Crippen LogP contribution in [0.1, 0.15) is 35.7 Å². The Morgan fingerprint density at radius 1 is 1.12 bits per heavy atom. The first-order valence-corrected chi connectivity index (χ1v) is 13.7. The summed E-state index contributed by atoms with van der Waals surface area (Å²) in [6.45, 7) is 1.18. The Kier molecular flexibility index (Phi) is 7.08. The third kappa shape index (κ3) is 4.99. The Bertz CT molecular complexity index is 1560. The van der Waals surface area contributed by atoms with Crippen molar-refractivity contribution < 1.29 is 23.8 Å². The van der Waals surface area contributed by atoms with Crippen molar-refractivity contribution in [2.75, 3.05) is 38.7 Å². The number of methoxy groups -OCH3 is 1. The van der Waals surface area contributed by atoms with Gasteiger partial charge in [-0.3, -0.25) is 9.78 Å². The van der Waals surface area contributed by atoms with Gasteiger partial charge in [0.15, 0.2) is 0 Å². The van der Waals surface area contributed by atoms with E-state index in [0.29, 0.717) is 50.3 Å². The number of aliphatic hydroxyl groups is 1. The number of ether oxygens (including phenoxy) is 1. The Morgan fingerprint density at radius 2 is 1.85 bits per heavy atom. The summed E-state index contributed by atoms with van der Waals surface area (Å²) in [5, 5.41) is 14.4. The minimum Gasteiger partial charge on any atom is -0.497 e. The second-order valence-electron chi connectivity index (χ2n) is 10.8. The molecule has 1 saturated heterocycles. The highest BCUT2D eigenvalue weighted by Crippen LogP contribution is 2.49. The van der Waals surface area contributed by atoms with E-state index in [4.69, 9.17) is 4.74 Å². The van der Waals surface area contributed by atoms with Gasteiger partial charge in [-0.25, -0.2) is 9.18 Å². The summed E-state index contributed by atoms with van der Waals surface area (Å²) in [7, 11) is 1.61. The molecule has 0 bridgehead atoms. The van der Waals surface area contributed by atoms with Crippen molar-refractivity contribution in [2.24, 2.45) is 0 Å². The molecule has 0 unspecified atom stereocenters. The monoisotopic (exact) mass is 557 g/mol. The number of halogens is 1. The van der Waals surface area contributed by atoms with Crippen molar-refractivity contribution in [3.63, 3.8) is 0 Å². The summed E-state index contributed by atoms with van der Waals surface area (Å²) in [6.07, 6.45) is 4.99. The van der Waals surface area contributed by atoms with Gasteiger partial charge in [-0.15, -0.1) is 0 Å². The average molecular weight is 558 g/mol. The number of carbonyl (C=O) groups excluding carboxylic acids is 2. The number of nitrogens with zero attached hydrogens (tertiary/aromatic N) is 3. The summed E-state index contributed by atoms with van der Waals surface area (Å²) in [4.78, 5) is 37.9. The van der Waals surface area contributed by atoms with Crippen LogP contribution < -0.4 is 10.1 Å². The summed E-state index contributed by atoms with van der Waals surface area (Å²) < 4.78 is 18.9. The number of fused-ring (bicyclic) bond motifs is 4. The van der Waals surface area contributed by atoms with Gasteiger partial charge in [0.05, 0.1) is 26.2 Å². The molecule has 0 saturated carbocycles. The number of benzene rings is 2. The maximum atomic E-state index is 13.7. The standard InChI is InChI=1S/C31H32FN5O4/c1-41-23-6-7-24-25(17-23)35-29-26(18-38)37(30(40)34-22-4-2-21(32)3-5-22)19-31(28(24)29)10-14-36(15-11-31)27(39)16-20-8-12-33-13-9-20/h2-9,12-13,17,26,35,38H,10-11,14-16,18-19H2,1H3,(H,34,40)/t26-/m1/s1. The number of pyridine rings is 1. The molecule has 1 atom stereocenters. The Morgan fingerprint density at radius 3 is 2.54 bits per heavy atom. The topological polar surface area (TPSA) is 111 Å². The molecular weight excluding hydrogens is 525 g/mol. The molecule has 3 N–H and O–H groups in total. The molecule has 4 heterocycles. The number of likely N-dealkylation sites (tertiary alicyclic amines) is 1. The number of piperidine rings is 1. The molecule has 1 spiro atoms. The highest BCUT2D eigenvalue weighted by molar-refractivity contribution is 5.92. The van der Waals surface area contributed by atoms with E-state index in [1.165, 1.54) is 24.3 Å². The van der Waals surface area contributed by atoms with Gasteiger partial charge < -0.3 is 29.9 Å². The van der Waals surface area contributed by atoms with E-state index in [-0.39, 0.29) is 18.5 Å². The van der Waals surface area contributed by atoms with E-state index in [2.05, 4.69) is 15.3 Å². The quantitative estimate of drug-likeness (QED) is 0.337. The first-order chi connectivity index (χ1) is 19.9. The number of aromatic nitrogens is 2. The lowest BCUT2D eigenvalue weighted by Gasteiger charge is -2.50. The van der Waals surface area contributed by atoms with Crippen molar-refractivity contribution in [1.82, 2.24) is 19.8 Å². The van der Waals surface area contributed by atoms with E-state index in [9.17, 15) is 19.1 Å². The number of nitrogens with one attached hydrogen (secondary N) is 2. The van der Waals surface area contributed by atoms with Crippen LogP contribution in [0.2, 0.25) is 0 Å². The highest BCUT2D eigenvalue weighted by Gasteiger charge is 2.49. The lowest BCUT2D eigenvalue weighted by molar-refractivity contribution is -0.132. The van der Waals surface area contributed by atoms with Crippen LogP contribution in [0.15, 0.2) is 67.0 Å². The van der Waals surface area contributed by atoms with E-state index >= 15 is 0 Å². The Hall–Kier alpha value is -4.44. The van der Waals surface area contributed by atoms with Crippen molar-refractivity contribution in [1.29, 1.82) is 0 Å². The fourth-order valence-corrected chi connectivity index (χ4v) is 6.33. The number of aliphatic hydroxyl groups excluding tert-OH is 1. The number of hydrogen-bond acceptors (Lipinski definition) is 5. The fraction of sp³-hybridized carbons (Fsp3) is 0.323. The summed E-state index contributed by atoms with van der Waals surface area (Å²) in [6, 6.07) is 14.2. The van der Waals surface area contributed by atoms with E-state index in [1.807, 2.05) is 35.2 Å². The lowest BCUT2D eigenvalue weighted by Crippen LogP contribution is -2.56. The van der Waals surface area contributed by atoms with Crippen molar-refractivity contribution in [3.05, 3.63) is 89.6 Å². The van der Waals surface area contributed by atoms with Gasteiger partial charge >= 0.3 is 6.03 Å². The zero-order chi connectivity index (χ0) is 28.6. The molecule has 2 aromatic carbocycles. The maximum Gasteiger partial charge on any atom is 0.322 e. The number of amides is 3. The minimum absolute atomic E-state index is 0.0601. The number of aromatic amines is 1. The molecule has 10 heteroatoms. The molecule has 0 aliphatic carbocycles. The largest absolute Gasteiger partial charge is 0.497 e. The zero-order valence-electron chi connectivity index (χ0n) is 22.8. The predicted molar refractivity (Wildman–Crippen MR) is 152 cm³/mol. The van der Waals surface area contributed by atoms with Crippen LogP contribution >= 0.6 is 0 Å². The van der Waals surface area contributed by atoms with Gasteiger partial charge in [-0.05, 0) is 72.5 Å². The Balaban J connectivity index is 1.34. The normalized spacial score (nSPS) is 17.9. The summed E-state index contributed by atoms with van der Waals surface area (Å²) >= 11 is 0. The molecule has 2 aromatic heterocycles. The molecule has 2 aliphatic heterocycles. The number of anilines is 1.